The summed E-state index contributed by atoms with van der Waals surface area (Å²) in [6.45, 7) is 0. The largest absolute Gasteiger partial charge is 0.493 e. The van der Waals surface area contributed by atoms with Crippen LogP contribution < -0.4 is 9.47 Å². The molecule has 1 N–H and O–H groups in total. The Hall–Kier alpha value is -2.66. The lowest BCUT2D eigenvalue weighted by Gasteiger charge is -2.13. The molecule has 0 saturated heterocycles. The zero-order chi connectivity index (χ0) is 15.2. The molecular formula is C16H14O5. The van der Waals surface area contributed by atoms with Crippen LogP contribution >= 0.6 is 0 Å². The Bertz CT molecular complexity index is 636. The number of carbonyl (C=O) groups excluding carboxylic acids is 2. The standard InChI is InChI=1S/C16H14O5/c1-20-14-9-11(10-17)7-8-13(14)21-16(19)15(18)12-5-3-2-4-6-12/h2-10,15,18H,1H3/t15-/m1/s1. The van der Waals surface area contributed by atoms with Crippen LogP contribution in [0.2, 0.25) is 0 Å². The fourth-order valence-corrected chi connectivity index (χ4v) is 1.78. The van der Waals surface area contributed by atoms with E-state index < -0.39 is 12.1 Å². The number of methoxy groups -OCH3 is 1. The first-order valence-corrected chi connectivity index (χ1v) is 6.23. The summed E-state index contributed by atoms with van der Waals surface area (Å²) in [5.74, 6) is -0.436. The number of hydrogen-bond acceptors (Lipinski definition) is 5. The van der Waals surface area contributed by atoms with Crippen molar-refractivity contribution in [3.8, 4) is 11.5 Å². The van der Waals surface area contributed by atoms with Crippen LogP contribution in [-0.4, -0.2) is 24.5 Å². The summed E-state index contributed by atoms with van der Waals surface area (Å²) in [5.41, 5.74) is 0.834. The van der Waals surface area contributed by atoms with Gasteiger partial charge in [0.05, 0.1) is 7.11 Å². The smallest absolute Gasteiger partial charge is 0.345 e. The van der Waals surface area contributed by atoms with E-state index in [1.807, 2.05) is 0 Å². The molecule has 0 unspecified atom stereocenters. The Balaban J connectivity index is 2.18. The molecular weight excluding hydrogens is 272 g/mol. The van der Waals surface area contributed by atoms with E-state index in [0.717, 1.165) is 0 Å². The Morgan fingerprint density at radius 2 is 1.86 bits per heavy atom. The van der Waals surface area contributed by atoms with Gasteiger partial charge in [-0.25, -0.2) is 4.79 Å². The normalized spacial score (nSPS) is 11.5. The molecule has 108 valence electrons. The number of aliphatic hydroxyl groups is 1. The van der Waals surface area contributed by atoms with E-state index in [0.29, 0.717) is 17.4 Å². The lowest BCUT2D eigenvalue weighted by atomic mass is 10.1. The van der Waals surface area contributed by atoms with Crippen LogP contribution in [0.15, 0.2) is 48.5 Å². The van der Waals surface area contributed by atoms with Crippen molar-refractivity contribution in [3.63, 3.8) is 0 Å². The Morgan fingerprint density at radius 3 is 2.48 bits per heavy atom. The Labute approximate surface area is 121 Å². The fourth-order valence-electron chi connectivity index (χ4n) is 1.78. The molecule has 5 heteroatoms. The second-order valence-electron chi connectivity index (χ2n) is 4.26. The lowest BCUT2D eigenvalue weighted by Crippen LogP contribution is -2.18. The molecule has 0 aliphatic rings. The minimum absolute atomic E-state index is 0.142. The van der Waals surface area contributed by atoms with Crippen molar-refractivity contribution >= 4 is 12.3 Å². The molecule has 2 aromatic carbocycles. The Morgan fingerprint density at radius 1 is 1.14 bits per heavy atom. The number of rotatable bonds is 5. The van der Waals surface area contributed by atoms with Crippen LogP contribution in [0.3, 0.4) is 0 Å². The summed E-state index contributed by atoms with van der Waals surface area (Å²) < 4.78 is 10.2. The van der Waals surface area contributed by atoms with Crippen LogP contribution in [0.25, 0.3) is 0 Å². The van der Waals surface area contributed by atoms with Crippen molar-refractivity contribution in [1.29, 1.82) is 0 Å². The molecule has 1 atom stereocenters. The summed E-state index contributed by atoms with van der Waals surface area (Å²) in [4.78, 5) is 22.6. The van der Waals surface area contributed by atoms with E-state index >= 15 is 0 Å². The number of carbonyl (C=O) groups is 2. The van der Waals surface area contributed by atoms with E-state index in [4.69, 9.17) is 9.47 Å². The molecule has 0 heterocycles. The van der Waals surface area contributed by atoms with E-state index in [2.05, 4.69) is 0 Å². The molecule has 0 fully saturated rings. The number of aldehydes is 1. The third-order valence-electron chi connectivity index (χ3n) is 2.87. The van der Waals surface area contributed by atoms with Crippen molar-refractivity contribution < 1.29 is 24.2 Å². The summed E-state index contributed by atoms with van der Waals surface area (Å²) >= 11 is 0. The molecule has 2 aromatic rings. The first kappa shape index (κ1) is 14.7. The van der Waals surface area contributed by atoms with Crippen LogP contribution in [0, 0.1) is 0 Å². The highest BCUT2D eigenvalue weighted by Crippen LogP contribution is 2.29. The molecule has 0 aliphatic carbocycles. The SMILES string of the molecule is COc1cc(C=O)ccc1OC(=O)[C@H](O)c1ccccc1. The topological polar surface area (TPSA) is 72.8 Å². The summed E-state index contributed by atoms with van der Waals surface area (Å²) in [7, 11) is 1.40. The van der Waals surface area contributed by atoms with Gasteiger partial charge in [0.25, 0.3) is 0 Å². The first-order valence-electron chi connectivity index (χ1n) is 6.23. The maximum atomic E-state index is 11.9. The van der Waals surface area contributed by atoms with E-state index in [9.17, 15) is 14.7 Å². The van der Waals surface area contributed by atoms with Gasteiger partial charge >= 0.3 is 5.97 Å². The van der Waals surface area contributed by atoms with Crippen LogP contribution in [0.1, 0.15) is 22.0 Å². The summed E-state index contributed by atoms with van der Waals surface area (Å²) in [6.07, 6.45) is -0.728. The van der Waals surface area contributed by atoms with E-state index in [1.165, 1.54) is 25.3 Å². The third kappa shape index (κ3) is 3.46. The molecule has 2 rings (SSSR count). The van der Waals surface area contributed by atoms with E-state index in [1.54, 1.807) is 30.3 Å². The van der Waals surface area contributed by atoms with Gasteiger partial charge in [-0.3, -0.25) is 4.79 Å². The number of ether oxygens (including phenoxy) is 2. The predicted octanol–water partition coefficient (Wildman–Crippen LogP) is 2.15. The molecule has 0 spiro atoms. The van der Waals surface area contributed by atoms with Gasteiger partial charge in [-0.05, 0) is 23.8 Å². The van der Waals surface area contributed by atoms with Crippen molar-refractivity contribution in [1.82, 2.24) is 0 Å². The van der Waals surface area contributed by atoms with Gasteiger partial charge in [0.1, 0.15) is 6.29 Å². The zero-order valence-corrected chi connectivity index (χ0v) is 11.4. The van der Waals surface area contributed by atoms with E-state index in [-0.39, 0.29) is 11.5 Å². The van der Waals surface area contributed by atoms with Crippen LogP contribution in [0.4, 0.5) is 0 Å². The van der Waals surface area contributed by atoms with Gasteiger partial charge < -0.3 is 14.6 Å². The monoisotopic (exact) mass is 286 g/mol. The molecule has 21 heavy (non-hydrogen) atoms. The van der Waals surface area contributed by atoms with Gasteiger partial charge in [-0.2, -0.15) is 0 Å². The second-order valence-corrected chi connectivity index (χ2v) is 4.26. The zero-order valence-electron chi connectivity index (χ0n) is 11.4. The van der Waals surface area contributed by atoms with Crippen molar-refractivity contribution in [2.75, 3.05) is 7.11 Å². The molecule has 0 saturated carbocycles. The highest BCUT2D eigenvalue weighted by Gasteiger charge is 2.21. The maximum Gasteiger partial charge on any atom is 0.345 e. The third-order valence-corrected chi connectivity index (χ3v) is 2.87. The van der Waals surface area contributed by atoms with Crippen LogP contribution in [-0.2, 0) is 4.79 Å². The van der Waals surface area contributed by atoms with Gasteiger partial charge in [-0.15, -0.1) is 0 Å². The quantitative estimate of drug-likeness (QED) is 0.518. The number of aliphatic hydroxyl groups excluding tert-OH is 1. The summed E-state index contributed by atoms with van der Waals surface area (Å²) in [5, 5.41) is 9.94. The maximum absolute atomic E-state index is 11.9. The summed E-state index contributed by atoms with van der Waals surface area (Å²) in [6, 6.07) is 12.8. The minimum atomic E-state index is -1.39. The fraction of sp³-hybridized carbons (Fsp3) is 0.125. The molecule has 0 aromatic heterocycles. The molecule has 0 bridgehead atoms. The molecule has 0 radical (unpaired) electrons. The second kappa shape index (κ2) is 6.67. The molecule has 0 aliphatic heterocycles. The predicted molar refractivity (Wildman–Crippen MR) is 75.4 cm³/mol. The van der Waals surface area contributed by atoms with Gasteiger partial charge in [0.2, 0.25) is 0 Å². The molecule has 5 nitrogen and oxygen atoms in total. The lowest BCUT2D eigenvalue weighted by molar-refractivity contribution is -0.144. The molecule has 0 amide bonds. The average Bonchev–Trinajstić information content (AvgIpc) is 2.55. The van der Waals surface area contributed by atoms with Gasteiger partial charge in [0.15, 0.2) is 17.6 Å². The van der Waals surface area contributed by atoms with Crippen molar-refractivity contribution in [2.24, 2.45) is 0 Å². The van der Waals surface area contributed by atoms with Crippen molar-refractivity contribution in [3.05, 3.63) is 59.7 Å². The highest BCUT2D eigenvalue weighted by molar-refractivity contribution is 5.80. The van der Waals surface area contributed by atoms with Crippen molar-refractivity contribution in [2.45, 2.75) is 6.10 Å². The number of benzene rings is 2. The van der Waals surface area contributed by atoms with Gasteiger partial charge in [-0.1, -0.05) is 30.3 Å². The van der Waals surface area contributed by atoms with Gasteiger partial charge in [0, 0.05) is 5.56 Å². The minimum Gasteiger partial charge on any atom is -0.493 e. The van der Waals surface area contributed by atoms with Crippen LogP contribution in [0.5, 0.6) is 11.5 Å². The highest BCUT2D eigenvalue weighted by atomic mass is 16.6. The average molecular weight is 286 g/mol. The Kier molecular flexibility index (Phi) is 4.68. The first-order chi connectivity index (χ1) is 10.2. The number of esters is 1. The number of hydrogen-bond donors (Lipinski definition) is 1.